The van der Waals surface area contributed by atoms with E-state index in [9.17, 15) is 14.3 Å². The Morgan fingerprint density at radius 2 is 1.09 bits per heavy atom. The van der Waals surface area contributed by atoms with Crippen LogP contribution in [0.3, 0.4) is 0 Å². The number of carboxylic acid groups (broad SMARTS) is 1. The molecule has 0 aliphatic heterocycles. The van der Waals surface area contributed by atoms with Crippen LogP contribution in [0.15, 0.2) is 103 Å². The van der Waals surface area contributed by atoms with Gasteiger partial charge in [0.1, 0.15) is 0 Å². The summed E-state index contributed by atoms with van der Waals surface area (Å²) in [5, 5.41) is 8.53. The minimum absolute atomic E-state index is 0.110. The van der Waals surface area contributed by atoms with Gasteiger partial charge in [-0.25, -0.2) is 0 Å². The summed E-state index contributed by atoms with van der Waals surface area (Å²) in [5.41, 5.74) is -0.570. The normalized spacial score (nSPS) is 12.7. The Hall–Kier alpha value is -2.88. The Balaban J connectivity index is 2.08. The molecule has 0 atom stereocenters. The van der Waals surface area contributed by atoms with Crippen molar-refractivity contribution in [1.29, 1.82) is 0 Å². The number of halogens is 3. The molecular weight excluding hydrogens is 493 g/mol. The topological polar surface area (TPSA) is 37.3 Å². The van der Waals surface area contributed by atoms with Crippen LogP contribution >= 0.6 is 20.8 Å². The van der Waals surface area contributed by atoms with E-state index < -0.39 is 28.5 Å². The maximum absolute atomic E-state index is 15.2. The zero-order valence-corrected chi connectivity index (χ0v) is 19.4. The van der Waals surface area contributed by atoms with E-state index in [-0.39, 0.29) is 11.7 Å². The molecule has 0 radical (unpaired) electrons. The molecule has 0 aromatic heterocycles. The Morgan fingerprint density at radius 3 is 1.47 bits per heavy atom. The second-order valence-electron chi connectivity index (χ2n) is 7.55. The Kier molecular flexibility index (Phi) is 5.98. The number of carboxylic acids is 1. The molecule has 32 heavy (non-hydrogen) atoms. The van der Waals surface area contributed by atoms with Crippen molar-refractivity contribution in [3.8, 4) is 0 Å². The van der Waals surface area contributed by atoms with E-state index in [1.54, 1.807) is 0 Å². The van der Waals surface area contributed by atoms with Gasteiger partial charge in [-0.05, 0) is 0 Å². The van der Waals surface area contributed by atoms with E-state index in [1.165, 1.54) is 6.07 Å². The fourth-order valence-electron chi connectivity index (χ4n) is 4.13. The summed E-state index contributed by atoms with van der Waals surface area (Å²) in [6, 6.07) is 31.7. The molecule has 0 aliphatic rings. The van der Waals surface area contributed by atoms with E-state index in [2.05, 4.69) is 15.5 Å². The number of carbonyl (C=O) groups is 1. The first-order chi connectivity index (χ1) is 15.4. The Morgan fingerprint density at radius 1 is 0.688 bits per heavy atom. The van der Waals surface area contributed by atoms with Crippen LogP contribution in [0.5, 0.6) is 0 Å². The zero-order valence-electron chi connectivity index (χ0n) is 17.0. The average Bonchev–Trinajstić information content (AvgIpc) is 2.83. The summed E-state index contributed by atoms with van der Waals surface area (Å²) in [6.07, 6.45) is 0.131. The van der Waals surface area contributed by atoms with Crippen LogP contribution in [-0.4, -0.2) is 11.1 Å². The van der Waals surface area contributed by atoms with Crippen LogP contribution in [0.2, 0.25) is 0 Å². The number of rotatable bonds is 6. The van der Waals surface area contributed by atoms with Gasteiger partial charge in [-0.3, -0.25) is 0 Å². The molecule has 0 amide bonds. The third kappa shape index (κ3) is 3.56. The van der Waals surface area contributed by atoms with E-state index in [4.69, 9.17) is 0 Å². The molecule has 0 saturated carbocycles. The van der Waals surface area contributed by atoms with Gasteiger partial charge >= 0.3 is 193 Å². The SMILES string of the molecule is O=C(O)c1ccc(CP(Br)(c2ccccc2)(c2ccccc2)c2ccccc2)c(F)c1F. The van der Waals surface area contributed by atoms with Crippen LogP contribution in [0.4, 0.5) is 8.78 Å². The second kappa shape index (κ2) is 8.57. The molecule has 6 heteroatoms. The number of hydrogen-bond donors (Lipinski definition) is 1. The molecule has 162 valence electrons. The third-order valence-electron chi connectivity index (χ3n) is 5.74. The molecule has 0 spiro atoms. The van der Waals surface area contributed by atoms with Crippen molar-refractivity contribution >= 4 is 42.7 Å². The molecule has 0 aliphatic carbocycles. The van der Waals surface area contributed by atoms with Crippen LogP contribution in [0, 0.1) is 11.6 Å². The summed E-state index contributed by atoms with van der Waals surface area (Å²) < 4.78 is 29.9. The van der Waals surface area contributed by atoms with Gasteiger partial charge in [0.25, 0.3) is 0 Å². The molecule has 1 N–H and O–H groups in total. The van der Waals surface area contributed by atoms with Gasteiger partial charge in [0.15, 0.2) is 0 Å². The number of hydrogen-bond acceptors (Lipinski definition) is 1. The first kappa shape index (κ1) is 22.3. The molecular formula is C26H20BrF2O2P. The molecule has 0 fully saturated rings. The number of aromatic carboxylic acids is 1. The van der Waals surface area contributed by atoms with Crippen molar-refractivity contribution in [3.05, 3.63) is 126 Å². The molecule has 0 saturated heterocycles. The third-order valence-corrected chi connectivity index (χ3v) is 15.2. The molecule has 4 aromatic rings. The summed E-state index contributed by atoms with van der Waals surface area (Å²) in [6.45, 7) is 0. The first-order valence-electron chi connectivity index (χ1n) is 9.96. The summed E-state index contributed by atoms with van der Waals surface area (Å²) in [7, 11) is 0. The Bertz CT molecular complexity index is 1170. The molecule has 0 heterocycles. The van der Waals surface area contributed by atoms with Gasteiger partial charge < -0.3 is 0 Å². The number of benzene rings is 4. The molecule has 0 bridgehead atoms. The van der Waals surface area contributed by atoms with Crippen molar-refractivity contribution in [1.82, 2.24) is 0 Å². The van der Waals surface area contributed by atoms with Crippen LogP contribution < -0.4 is 15.9 Å². The maximum atomic E-state index is 15.2. The van der Waals surface area contributed by atoms with Crippen molar-refractivity contribution in [3.63, 3.8) is 0 Å². The fourth-order valence-corrected chi connectivity index (χ4v) is 11.8. The molecule has 0 unspecified atom stereocenters. The standard InChI is InChI=1S/C26H20BrF2O2P/c27-32(20-10-4-1-5-11-20,21-12-6-2-7-13-21,22-14-8-3-9-15-22)18-19-16-17-23(26(30)31)25(29)24(19)28/h1-17H,18H2,(H,30,31). The van der Waals surface area contributed by atoms with Crippen molar-refractivity contribution in [2.24, 2.45) is 0 Å². The molecule has 4 rings (SSSR count). The fraction of sp³-hybridized carbons (Fsp3) is 0.0385. The van der Waals surface area contributed by atoms with Gasteiger partial charge in [-0.2, -0.15) is 0 Å². The van der Waals surface area contributed by atoms with Crippen LogP contribution in [0.25, 0.3) is 0 Å². The van der Waals surface area contributed by atoms with Gasteiger partial charge in [-0.15, -0.1) is 0 Å². The summed E-state index contributed by atoms with van der Waals surface area (Å²) in [4.78, 5) is 11.3. The average molecular weight is 513 g/mol. The predicted molar refractivity (Wildman–Crippen MR) is 131 cm³/mol. The second-order valence-corrected chi connectivity index (χ2v) is 16.5. The molecule has 2 nitrogen and oxygen atoms in total. The van der Waals surface area contributed by atoms with E-state index in [0.29, 0.717) is 0 Å². The van der Waals surface area contributed by atoms with Crippen LogP contribution in [-0.2, 0) is 6.16 Å². The van der Waals surface area contributed by atoms with Crippen LogP contribution in [0.1, 0.15) is 15.9 Å². The zero-order chi connectivity index (χ0) is 22.8. The minimum atomic E-state index is -3.53. The van der Waals surface area contributed by atoms with E-state index >= 15 is 4.39 Å². The first-order valence-corrected chi connectivity index (χ1v) is 14.4. The Labute approximate surface area is 193 Å². The quantitative estimate of drug-likeness (QED) is 0.321. The van der Waals surface area contributed by atoms with Gasteiger partial charge in [-0.1, -0.05) is 0 Å². The summed E-state index contributed by atoms with van der Waals surface area (Å²) in [5.74, 6) is -3.98. The van der Waals surface area contributed by atoms with E-state index in [1.807, 2.05) is 91.0 Å². The van der Waals surface area contributed by atoms with Crippen molar-refractivity contribution in [2.75, 3.05) is 0 Å². The van der Waals surface area contributed by atoms with Gasteiger partial charge in [0, 0.05) is 0 Å². The predicted octanol–water partition coefficient (Wildman–Crippen LogP) is 6.00. The van der Waals surface area contributed by atoms with Gasteiger partial charge in [0.2, 0.25) is 0 Å². The van der Waals surface area contributed by atoms with Crippen molar-refractivity contribution in [2.45, 2.75) is 6.16 Å². The van der Waals surface area contributed by atoms with Crippen molar-refractivity contribution < 1.29 is 18.7 Å². The van der Waals surface area contributed by atoms with Gasteiger partial charge in [0.05, 0.1) is 0 Å². The molecule has 4 aromatic carbocycles. The monoisotopic (exact) mass is 512 g/mol. The van der Waals surface area contributed by atoms with E-state index in [0.717, 1.165) is 22.0 Å². The summed E-state index contributed by atoms with van der Waals surface area (Å²) >= 11 is 4.19.